The molecule has 1 aromatic carbocycles. The Labute approximate surface area is 150 Å². The van der Waals surface area contributed by atoms with Crippen LogP contribution in [-0.4, -0.2) is 23.3 Å². The zero-order chi connectivity index (χ0) is 21.1. The standard InChI is InChI=1S/C17H5F8NO2/c18-15(19)10-1-2-11(13(17(23,24)25)12(10)14(15)27)28-9-4-7(6-26)3-8(5-9)16(20,21)22/h3-5,14,27H. The van der Waals surface area contributed by atoms with Crippen LogP contribution in [0.25, 0.3) is 0 Å². The SMILES string of the molecule is N#Cc1cc(OC2=C=C=C3C(=C2C(F)(F)F)C(O)C3(F)F)cc(C(F)(F)F)c1. The molecule has 3 nitrogen and oxygen atoms in total. The van der Waals surface area contributed by atoms with Crippen molar-refractivity contribution < 1.29 is 45.0 Å². The Morgan fingerprint density at radius 1 is 1.04 bits per heavy atom. The Morgan fingerprint density at radius 3 is 2.21 bits per heavy atom. The fourth-order valence-corrected chi connectivity index (χ4v) is 2.63. The first-order chi connectivity index (χ1) is 12.8. The van der Waals surface area contributed by atoms with Gasteiger partial charge in [-0.1, -0.05) is 5.73 Å². The Kier molecular flexibility index (Phi) is 4.20. The molecule has 1 saturated carbocycles. The van der Waals surface area contributed by atoms with Gasteiger partial charge in [0.1, 0.15) is 17.4 Å². The van der Waals surface area contributed by atoms with Crippen molar-refractivity contribution in [2.75, 3.05) is 0 Å². The molecule has 0 radical (unpaired) electrons. The minimum Gasteiger partial charge on any atom is -0.448 e. The number of halogens is 8. The summed E-state index contributed by atoms with van der Waals surface area (Å²) in [5.41, 5.74) is -2.73. The van der Waals surface area contributed by atoms with Crippen molar-refractivity contribution >= 4 is 0 Å². The van der Waals surface area contributed by atoms with Crippen molar-refractivity contribution in [1.29, 1.82) is 5.26 Å². The van der Waals surface area contributed by atoms with Crippen molar-refractivity contribution in [3.8, 4) is 11.8 Å². The minimum absolute atomic E-state index is 0.333. The van der Waals surface area contributed by atoms with Gasteiger partial charge in [0.15, 0.2) is 5.76 Å². The van der Waals surface area contributed by atoms with Gasteiger partial charge in [0.2, 0.25) is 0 Å². The number of aliphatic hydroxyl groups excluding tert-OH is 1. The molecule has 2 aliphatic carbocycles. The van der Waals surface area contributed by atoms with Gasteiger partial charge in [-0.3, -0.25) is 0 Å². The summed E-state index contributed by atoms with van der Waals surface area (Å²) in [6.45, 7) is 0. The van der Waals surface area contributed by atoms with Crippen LogP contribution in [0.15, 0.2) is 52.1 Å². The van der Waals surface area contributed by atoms with Gasteiger partial charge in [0.05, 0.1) is 22.8 Å². The van der Waals surface area contributed by atoms with E-state index in [2.05, 4.69) is 0 Å². The lowest BCUT2D eigenvalue weighted by atomic mass is 9.74. The normalized spacial score (nSPS) is 20.6. The summed E-state index contributed by atoms with van der Waals surface area (Å²) >= 11 is 0. The molecular formula is C17H5F8NO2. The van der Waals surface area contributed by atoms with Crippen LogP contribution in [0.2, 0.25) is 0 Å². The molecule has 11 heteroatoms. The van der Waals surface area contributed by atoms with Crippen LogP contribution in [0.3, 0.4) is 0 Å². The second kappa shape index (κ2) is 5.97. The van der Waals surface area contributed by atoms with Crippen LogP contribution >= 0.6 is 0 Å². The van der Waals surface area contributed by atoms with Crippen LogP contribution in [0.5, 0.6) is 5.75 Å². The first-order valence-electron chi connectivity index (χ1n) is 7.21. The van der Waals surface area contributed by atoms with Crippen LogP contribution in [-0.2, 0) is 6.18 Å². The number of alkyl halides is 8. The highest BCUT2D eigenvalue weighted by Gasteiger charge is 2.62. The first-order valence-corrected chi connectivity index (χ1v) is 7.21. The van der Waals surface area contributed by atoms with Gasteiger partial charge in [-0.25, -0.2) is 0 Å². The third-order valence-electron chi connectivity index (χ3n) is 3.88. The Morgan fingerprint density at radius 2 is 1.68 bits per heavy atom. The number of nitriles is 1. The molecule has 1 N–H and O–H groups in total. The Balaban J connectivity index is 2.14. The highest BCUT2D eigenvalue weighted by atomic mass is 19.4. The molecule has 146 valence electrons. The highest BCUT2D eigenvalue weighted by Crippen LogP contribution is 2.53. The third-order valence-corrected chi connectivity index (χ3v) is 3.88. The molecule has 0 saturated heterocycles. The number of hydrogen-bond acceptors (Lipinski definition) is 3. The number of hydrogen-bond donors (Lipinski definition) is 1. The molecule has 0 spiro atoms. The number of rotatable bonds is 2. The topological polar surface area (TPSA) is 53.2 Å². The predicted octanol–water partition coefficient (Wildman–Crippen LogP) is 4.40. The van der Waals surface area contributed by atoms with Crippen LogP contribution in [0, 0.1) is 11.3 Å². The van der Waals surface area contributed by atoms with Gasteiger partial charge >= 0.3 is 18.3 Å². The quantitative estimate of drug-likeness (QED) is 0.584. The summed E-state index contributed by atoms with van der Waals surface area (Å²) in [5, 5.41) is 18.2. The Hall–Kier alpha value is -3.05. The van der Waals surface area contributed by atoms with E-state index in [1.807, 2.05) is 0 Å². The average Bonchev–Trinajstić information content (AvgIpc) is 2.58. The molecular weight excluding hydrogens is 402 g/mol. The lowest BCUT2D eigenvalue weighted by molar-refractivity contribution is -0.137. The van der Waals surface area contributed by atoms with Crippen molar-refractivity contribution in [1.82, 2.24) is 0 Å². The Bertz CT molecular complexity index is 1040. The van der Waals surface area contributed by atoms with Gasteiger partial charge < -0.3 is 9.84 Å². The fraction of sp³-hybridized carbons (Fsp3) is 0.235. The number of benzene rings is 1. The monoisotopic (exact) mass is 407 g/mol. The van der Waals surface area contributed by atoms with Crippen LogP contribution in [0.1, 0.15) is 11.1 Å². The molecule has 2 aliphatic rings. The maximum Gasteiger partial charge on any atom is 0.421 e. The summed E-state index contributed by atoms with van der Waals surface area (Å²) in [6, 6.07) is 2.92. The van der Waals surface area contributed by atoms with E-state index in [0.29, 0.717) is 12.1 Å². The number of nitrogens with zero attached hydrogens (tertiary/aromatic N) is 1. The lowest BCUT2D eigenvalue weighted by Crippen LogP contribution is -2.51. The molecule has 1 aromatic rings. The summed E-state index contributed by atoms with van der Waals surface area (Å²) < 4.78 is 110. The largest absolute Gasteiger partial charge is 0.448 e. The molecule has 0 aromatic heterocycles. The van der Waals surface area contributed by atoms with E-state index in [4.69, 9.17) is 10.00 Å². The van der Waals surface area contributed by atoms with Gasteiger partial charge in [0.25, 0.3) is 0 Å². The van der Waals surface area contributed by atoms with E-state index < -0.39 is 63.7 Å². The van der Waals surface area contributed by atoms with E-state index in [0.717, 1.165) is 6.07 Å². The molecule has 0 aliphatic heterocycles. The number of aliphatic hydroxyl groups is 1. The van der Waals surface area contributed by atoms with Crippen molar-refractivity contribution in [3.63, 3.8) is 0 Å². The molecule has 0 bridgehead atoms. The lowest BCUT2D eigenvalue weighted by Gasteiger charge is -2.39. The van der Waals surface area contributed by atoms with Crippen molar-refractivity contribution in [3.05, 3.63) is 63.3 Å². The predicted molar refractivity (Wildman–Crippen MR) is 74.9 cm³/mol. The molecule has 0 heterocycles. The maximum absolute atomic E-state index is 13.5. The second-order valence-corrected chi connectivity index (χ2v) is 5.72. The average molecular weight is 407 g/mol. The first kappa shape index (κ1) is 19.7. The summed E-state index contributed by atoms with van der Waals surface area (Å²) in [7, 11) is 0. The molecule has 0 amide bonds. The summed E-state index contributed by atoms with van der Waals surface area (Å²) in [6.07, 6.45) is -13.0. The maximum atomic E-state index is 13.5. The fourth-order valence-electron chi connectivity index (χ4n) is 2.63. The highest BCUT2D eigenvalue weighted by molar-refractivity contribution is 5.61. The molecule has 3 rings (SSSR count). The summed E-state index contributed by atoms with van der Waals surface area (Å²) in [4.78, 5) is 0. The smallest absolute Gasteiger partial charge is 0.421 e. The van der Waals surface area contributed by atoms with E-state index in [-0.39, 0.29) is 0 Å². The molecule has 1 unspecified atom stereocenters. The van der Waals surface area contributed by atoms with E-state index in [1.165, 1.54) is 6.07 Å². The van der Waals surface area contributed by atoms with Crippen LogP contribution in [0.4, 0.5) is 35.1 Å². The van der Waals surface area contributed by atoms with E-state index >= 15 is 0 Å². The van der Waals surface area contributed by atoms with Gasteiger partial charge in [-0.15, -0.1) is 0 Å². The summed E-state index contributed by atoms with van der Waals surface area (Å²) in [5.74, 6) is -6.04. The van der Waals surface area contributed by atoms with Gasteiger partial charge in [-0.05, 0) is 23.9 Å². The van der Waals surface area contributed by atoms with Gasteiger partial charge in [-0.2, -0.15) is 40.4 Å². The molecule has 28 heavy (non-hydrogen) atoms. The van der Waals surface area contributed by atoms with Crippen LogP contribution < -0.4 is 4.74 Å². The van der Waals surface area contributed by atoms with Gasteiger partial charge in [0, 0.05) is 5.57 Å². The molecule has 1 fully saturated rings. The van der Waals surface area contributed by atoms with Crippen molar-refractivity contribution in [2.24, 2.45) is 0 Å². The minimum atomic E-state index is -5.29. The number of allylic oxidation sites excluding steroid dienone is 1. The zero-order valence-corrected chi connectivity index (χ0v) is 13.1. The second-order valence-electron chi connectivity index (χ2n) is 5.72. The van der Waals surface area contributed by atoms with E-state index in [9.17, 15) is 40.2 Å². The van der Waals surface area contributed by atoms with E-state index in [1.54, 1.807) is 11.5 Å². The number of fused-ring (bicyclic) bond motifs is 1. The zero-order valence-electron chi connectivity index (χ0n) is 13.1. The third kappa shape index (κ3) is 3.08. The number of ether oxygens (including phenoxy) is 1. The molecule has 1 atom stereocenters. The van der Waals surface area contributed by atoms with Crippen molar-refractivity contribution in [2.45, 2.75) is 24.4 Å².